The Balaban J connectivity index is 3.13. The van der Waals surface area contributed by atoms with Crippen LogP contribution >= 0.6 is 0 Å². The molecule has 0 aromatic carbocycles. The summed E-state index contributed by atoms with van der Waals surface area (Å²) >= 11 is 0. The average molecular weight is 205 g/mol. The second kappa shape index (κ2) is 4.42. The molecule has 5 nitrogen and oxygen atoms in total. The van der Waals surface area contributed by atoms with E-state index in [1.54, 1.807) is 17.0 Å². The Morgan fingerprint density at radius 1 is 1.73 bits per heavy atom. The van der Waals surface area contributed by atoms with Crippen molar-refractivity contribution in [1.29, 1.82) is 5.26 Å². The van der Waals surface area contributed by atoms with Crippen molar-refractivity contribution in [2.24, 2.45) is 0 Å². The molecule has 1 aromatic heterocycles. The first-order valence-electron chi connectivity index (χ1n) is 4.43. The summed E-state index contributed by atoms with van der Waals surface area (Å²) in [6, 6.07) is 1.80. The van der Waals surface area contributed by atoms with Gasteiger partial charge in [-0.05, 0) is 19.9 Å². The van der Waals surface area contributed by atoms with E-state index < -0.39 is 5.97 Å². The third kappa shape index (κ3) is 2.44. The van der Waals surface area contributed by atoms with Gasteiger partial charge in [0.2, 0.25) is 0 Å². The van der Waals surface area contributed by atoms with Crippen LogP contribution in [-0.4, -0.2) is 20.6 Å². The highest BCUT2D eigenvalue weighted by molar-refractivity contribution is 5.96. The molecule has 0 spiro atoms. The second-order valence-corrected chi connectivity index (χ2v) is 3.29. The Bertz CT molecular complexity index is 438. The number of carboxylic acid groups (broad SMARTS) is 1. The Kier molecular flexibility index (Phi) is 3.24. The standard InChI is InChI=1S/C10H11N3O2/c1-7(2)13-6-12-5-9(13)3-8(4-11)10(14)15/h3,5-7H,1-2H3,(H,14,15). The Morgan fingerprint density at radius 2 is 2.40 bits per heavy atom. The van der Waals surface area contributed by atoms with E-state index in [-0.39, 0.29) is 11.6 Å². The maximum Gasteiger partial charge on any atom is 0.346 e. The predicted octanol–water partition coefficient (Wildman–Crippen LogP) is 1.46. The molecule has 15 heavy (non-hydrogen) atoms. The molecule has 1 rings (SSSR count). The van der Waals surface area contributed by atoms with Crippen molar-refractivity contribution in [3.63, 3.8) is 0 Å². The van der Waals surface area contributed by atoms with Crippen molar-refractivity contribution in [2.75, 3.05) is 0 Å². The van der Waals surface area contributed by atoms with E-state index >= 15 is 0 Å². The molecule has 0 saturated carbocycles. The smallest absolute Gasteiger partial charge is 0.346 e. The molecule has 1 aromatic rings. The number of imidazole rings is 1. The number of carbonyl (C=O) groups is 1. The normalized spacial score (nSPS) is 11.5. The van der Waals surface area contributed by atoms with Gasteiger partial charge in [0.25, 0.3) is 0 Å². The summed E-state index contributed by atoms with van der Waals surface area (Å²) in [7, 11) is 0. The molecule has 5 heteroatoms. The summed E-state index contributed by atoms with van der Waals surface area (Å²) in [6.45, 7) is 3.90. The summed E-state index contributed by atoms with van der Waals surface area (Å²) < 4.78 is 1.79. The lowest BCUT2D eigenvalue weighted by Gasteiger charge is -2.08. The molecule has 0 aliphatic heterocycles. The fourth-order valence-electron chi connectivity index (χ4n) is 1.15. The van der Waals surface area contributed by atoms with Crippen LogP contribution in [0.25, 0.3) is 6.08 Å². The van der Waals surface area contributed by atoms with Crippen LogP contribution in [0.3, 0.4) is 0 Å². The van der Waals surface area contributed by atoms with Crippen LogP contribution in [0, 0.1) is 11.3 Å². The first-order valence-corrected chi connectivity index (χ1v) is 4.43. The third-order valence-electron chi connectivity index (χ3n) is 1.90. The first-order chi connectivity index (χ1) is 7.06. The second-order valence-electron chi connectivity index (χ2n) is 3.29. The molecule has 0 amide bonds. The molecular formula is C10H11N3O2. The van der Waals surface area contributed by atoms with Crippen LogP contribution in [-0.2, 0) is 4.79 Å². The van der Waals surface area contributed by atoms with Crippen molar-refractivity contribution >= 4 is 12.0 Å². The minimum Gasteiger partial charge on any atom is -0.477 e. The zero-order valence-electron chi connectivity index (χ0n) is 8.51. The van der Waals surface area contributed by atoms with Crippen molar-refractivity contribution in [1.82, 2.24) is 9.55 Å². The summed E-state index contributed by atoms with van der Waals surface area (Å²) in [5, 5.41) is 17.3. The maximum atomic E-state index is 10.6. The van der Waals surface area contributed by atoms with Crippen molar-refractivity contribution in [3.05, 3.63) is 23.8 Å². The van der Waals surface area contributed by atoms with Gasteiger partial charge in [0, 0.05) is 6.04 Å². The summed E-state index contributed by atoms with van der Waals surface area (Å²) in [5.41, 5.74) is 0.321. The lowest BCUT2D eigenvalue weighted by atomic mass is 10.2. The van der Waals surface area contributed by atoms with Gasteiger partial charge in [0.05, 0.1) is 18.2 Å². The maximum absolute atomic E-state index is 10.6. The molecule has 78 valence electrons. The largest absolute Gasteiger partial charge is 0.477 e. The highest BCUT2D eigenvalue weighted by Crippen LogP contribution is 2.12. The van der Waals surface area contributed by atoms with E-state index in [1.807, 2.05) is 13.8 Å². The van der Waals surface area contributed by atoms with Gasteiger partial charge in [-0.2, -0.15) is 5.26 Å². The topological polar surface area (TPSA) is 78.9 Å². The van der Waals surface area contributed by atoms with Crippen LogP contribution in [0.1, 0.15) is 25.6 Å². The van der Waals surface area contributed by atoms with Crippen LogP contribution in [0.5, 0.6) is 0 Å². The molecule has 0 saturated heterocycles. The Morgan fingerprint density at radius 3 is 2.87 bits per heavy atom. The lowest BCUT2D eigenvalue weighted by molar-refractivity contribution is -0.132. The lowest BCUT2D eigenvalue weighted by Crippen LogP contribution is -2.03. The van der Waals surface area contributed by atoms with Gasteiger partial charge in [0.1, 0.15) is 11.6 Å². The van der Waals surface area contributed by atoms with Gasteiger partial charge in [-0.3, -0.25) is 0 Å². The molecule has 0 aliphatic rings. The summed E-state index contributed by atoms with van der Waals surface area (Å²) in [4.78, 5) is 14.5. The molecule has 0 fully saturated rings. The van der Waals surface area contributed by atoms with Crippen LogP contribution in [0.15, 0.2) is 18.1 Å². The van der Waals surface area contributed by atoms with Crippen LogP contribution in [0.2, 0.25) is 0 Å². The number of nitriles is 1. The molecule has 0 bridgehead atoms. The average Bonchev–Trinajstić information content (AvgIpc) is 2.61. The predicted molar refractivity (Wildman–Crippen MR) is 53.8 cm³/mol. The SMILES string of the molecule is CC(C)n1cncc1C=C(C#N)C(=O)O. The molecular weight excluding hydrogens is 194 g/mol. The monoisotopic (exact) mass is 205 g/mol. The fraction of sp³-hybridized carbons (Fsp3) is 0.300. The number of aromatic nitrogens is 2. The van der Waals surface area contributed by atoms with Crippen LogP contribution in [0.4, 0.5) is 0 Å². The van der Waals surface area contributed by atoms with E-state index in [1.165, 1.54) is 12.3 Å². The quantitative estimate of drug-likeness (QED) is 0.598. The molecule has 0 atom stereocenters. The van der Waals surface area contributed by atoms with Crippen molar-refractivity contribution in [3.8, 4) is 6.07 Å². The van der Waals surface area contributed by atoms with E-state index in [0.29, 0.717) is 5.69 Å². The van der Waals surface area contributed by atoms with Crippen LogP contribution < -0.4 is 0 Å². The Hall–Kier alpha value is -2.09. The van der Waals surface area contributed by atoms with E-state index in [9.17, 15) is 4.79 Å². The van der Waals surface area contributed by atoms with Gasteiger partial charge in [0.15, 0.2) is 0 Å². The van der Waals surface area contributed by atoms with Gasteiger partial charge in [-0.25, -0.2) is 9.78 Å². The molecule has 0 aliphatic carbocycles. The van der Waals surface area contributed by atoms with Crippen molar-refractivity contribution in [2.45, 2.75) is 19.9 Å². The zero-order valence-corrected chi connectivity index (χ0v) is 8.51. The number of carboxylic acids is 1. The van der Waals surface area contributed by atoms with E-state index in [4.69, 9.17) is 10.4 Å². The minimum atomic E-state index is -1.23. The minimum absolute atomic E-state index is 0.174. The highest BCUT2D eigenvalue weighted by Gasteiger charge is 2.09. The van der Waals surface area contributed by atoms with E-state index in [0.717, 1.165) is 0 Å². The highest BCUT2D eigenvalue weighted by atomic mass is 16.4. The number of rotatable bonds is 3. The molecule has 0 unspecified atom stereocenters. The molecule has 1 N–H and O–H groups in total. The Labute approximate surface area is 87.3 Å². The molecule has 1 heterocycles. The van der Waals surface area contributed by atoms with Crippen molar-refractivity contribution < 1.29 is 9.90 Å². The number of aliphatic carboxylic acids is 1. The summed E-state index contributed by atoms with van der Waals surface area (Å²) in [5.74, 6) is -1.23. The number of hydrogen-bond acceptors (Lipinski definition) is 3. The first kappa shape index (κ1) is 11.0. The van der Waals surface area contributed by atoms with Gasteiger partial charge in [-0.1, -0.05) is 0 Å². The van der Waals surface area contributed by atoms with E-state index in [2.05, 4.69) is 4.98 Å². The third-order valence-corrected chi connectivity index (χ3v) is 1.90. The number of hydrogen-bond donors (Lipinski definition) is 1. The zero-order chi connectivity index (χ0) is 11.4. The number of nitrogens with zero attached hydrogens (tertiary/aromatic N) is 3. The molecule has 0 radical (unpaired) electrons. The summed E-state index contributed by atoms with van der Waals surface area (Å²) in [6.07, 6.45) is 4.45. The van der Waals surface area contributed by atoms with Gasteiger partial charge >= 0.3 is 5.97 Å². The van der Waals surface area contributed by atoms with Gasteiger partial charge < -0.3 is 9.67 Å². The van der Waals surface area contributed by atoms with Gasteiger partial charge in [-0.15, -0.1) is 0 Å². The fourth-order valence-corrected chi connectivity index (χ4v) is 1.15.